The van der Waals surface area contributed by atoms with Crippen molar-refractivity contribution in [2.75, 3.05) is 7.11 Å². The number of hydrogen-bond donors (Lipinski definition) is 1. The van der Waals surface area contributed by atoms with E-state index < -0.39 is 0 Å². The summed E-state index contributed by atoms with van der Waals surface area (Å²) in [6.07, 6.45) is 1.44. The Morgan fingerprint density at radius 3 is 2.81 bits per heavy atom. The van der Waals surface area contributed by atoms with Crippen LogP contribution in [0.3, 0.4) is 0 Å². The van der Waals surface area contributed by atoms with Gasteiger partial charge in [0.2, 0.25) is 0 Å². The molecule has 0 aliphatic carbocycles. The molecule has 1 N–H and O–H groups in total. The minimum atomic E-state index is -0.309. The molecule has 0 spiro atoms. The maximum absolute atomic E-state index is 12.0. The van der Waals surface area contributed by atoms with E-state index in [1.54, 1.807) is 49.6 Å². The van der Waals surface area contributed by atoms with Gasteiger partial charge in [0.25, 0.3) is 5.91 Å². The van der Waals surface area contributed by atoms with Gasteiger partial charge in [0.1, 0.15) is 17.3 Å². The molecule has 0 fully saturated rings. The molecule has 1 heterocycles. The SMILES string of the molecule is COc1ccc(-c2ccc(C=NNC(=O)c3cccc(Br)c3)o2)cc1Cl. The van der Waals surface area contributed by atoms with Crippen molar-refractivity contribution in [2.45, 2.75) is 0 Å². The minimum Gasteiger partial charge on any atom is -0.495 e. The largest absolute Gasteiger partial charge is 0.495 e. The Kier molecular flexibility index (Phi) is 5.75. The monoisotopic (exact) mass is 432 g/mol. The Labute approximate surface area is 163 Å². The number of ether oxygens (including phenoxy) is 1. The van der Waals surface area contributed by atoms with Crippen molar-refractivity contribution in [3.05, 3.63) is 75.4 Å². The summed E-state index contributed by atoms with van der Waals surface area (Å²) in [4.78, 5) is 12.0. The summed E-state index contributed by atoms with van der Waals surface area (Å²) in [7, 11) is 1.56. The van der Waals surface area contributed by atoms with Crippen LogP contribution in [-0.2, 0) is 0 Å². The van der Waals surface area contributed by atoms with Gasteiger partial charge in [-0.2, -0.15) is 5.10 Å². The summed E-state index contributed by atoms with van der Waals surface area (Å²) in [5.41, 5.74) is 3.78. The first-order chi connectivity index (χ1) is 12.6. The van der Waals surface area contributed by atoms with Crippen molar-refractivity contribution in [1.82, 2.24) is 5.43 Å². The lowest BCUT2D eigenvalue weighted by Gasteiger charge is -2.04. The van der Waals surface area contributed by atoms with E-state index in [1.807, 2.05) is 12.1 Å². The van der Waals surface area contributed by atoms with Crippen molar-refractivity contribution in [3.63, 3.8) is 0 Å². The molecule has 0 saturated carbocycles. The van der Waals surface area contributed by atoms with E-state index >= 15 is 0 Å². The predicted molar refractivity (Wildman–Crippen MR) is 105 cm³/mol. The number of halogens is 2. The molecule has 0 aliphatic heterocycles. The number of benzene rings is 2. The summed E-state index contributed by atoms with van der Waals surface area (Å²) in [5.74, 6) is 1.42. The number of furan rings is 1. The number of nitrogens with one attached hydrogen (secondary N) is 1. The van der Waals surface area contributed by atoms with Gasteiger partial charge in [-0.25, -0.2) is 5.43 Å². The minimum absolute atomic E-state index is 0.309. The second-order valence-corrected chi connectivity index (χ2v) is 6.58. The van der Waals surface area contributed by atoms with Gasteiger partial charge in [0.05, 0.1) is 18.3 Å². The van der Waals surface area contributed by atoms with E-state index in [0.717, 1.165) is 10.0 Å². The molecule has 0 atom stereocenters. The summed E-state index contributed by atoms with van der Waals surface area (Å²) in [6, 6.07) is 16.0. The normalized spacial score (nSPS) is 10.9. The molecule has 1 aromatic heterocycles. The van der Waals surface area contributed by atoms with Crippen LogP contribution in [0.25, 0.3) is 11.3 Å². The Balaban J connectivity index is 1.67. The van der Waals surface area contributed by atoms with Crippen LogP contribution in [0.5, 0.6) is 5.75 Å². The average Bonchev–Trinajstić information content (AvgIpc) is 3.10. The van der Waals surface area contributed by atoms with E-state index in [1.165, 1.54) is 6.21 Å². The quantitative estimate of drug-likeness (QED) is 0.448. The van der Waals surface area contributed by atoms with Crippen LogP contribution in [0.15, 0.2) is 68.6 Å². The Morgan fingerprint density at radius 2 is 2.08 bits per heavy atom. The Hall–Kier alpha value is -2.57. The highest BCUT2D eigenvalue weighted by Gasteiger charge is 2.08. The third-order valence-electron chi connectivity index (χ3n) is 3.51. The highest BCUT2D eigenvalue weighted by molar-refractivity contribution is 9.10. The molecular formula is C19H14BrClN2O3. The van der Waals surface area contributed by atoms with Crippen LogP contribution in [-0.4, -0.2) is 19.2 Å². The van der Waals surface area contributed by atoms with E-state index in [4.69, 9.17) is 20.8 Å². The molecule has 0 bridgehead atoms. The van der Waals surface area contributed by atoms with Gasteiger partial charge in [0.15, 0.2) is 0 Å². The van der Waals surface area contributed by atoms with Crippen LogP contribution in [0, 0.1) is 0 Å². The first-order valence-electron chi connectivity index (χ1n) is 7.59. The maximum atomic E-state index is 12.0. The molecule has 0 radical (unpaired) electrons. The van der Waals surface area contributed by atoms with E-state index in [9.17, 15) is 4.79 Å². The average molecular weight is 434 g/mol. The maximum Gasteiger partial charge on any atom is 0.271 e. The fourth-order valence-electron chi connectivity index (χ4n) is 2.25. The molecule has 0 saturated heterocycles. The van der Waals surface area contributed by atoms with E-state index in [2.05, 4.69) is 26.5 Å². The first kappa shape index (κ1) is 18.2. The smallest absolute Gasteiger partial charge is 0.271 e. The molecule has 7 heteroatoms. The van der Waals surface area contributed by atoms with Crippen LogP contribution in [0.2, 0.25) is 5.02 Å². The second kappa shape index (κ2) is 8.21. The van der Waals surface area contributed by atoms with Crippen LogP contribution < -0.4 is 10.2 Å². The number of rotatable bonds is 5. The van der Waals surface area contributed by atoms with Gasteiger partial charge in [-0.05, 0) is 48.5 Å². The lowest BCUT2D eigenvalue weighted by atomic mass is 10.2. The van der Waals surface area contributed by atoms with E-state index in [0.29, 0.717) is 27.9 Å². The van der Waals surface area contributed by atoms with Crippen LogP contribution >= 0.6 is 27.5 Å². The fourth-order valence-corrected chi connectivity index (χ4v) is 2.90. The number of methoxy groups -OCH3 is 1. The number of amides is 1. The molecule has 0 unspecified atom stereocenters. The van der Waals surface area contributed by atoms with Gasteiger partial charge >= 0.3 is 0 Å². The Bertz CT molecular complexity index is 969. The predicted octanol–water partition coefficient (Wildman–Crippen LogP) is 5.14. The van der Waals surface area contributed by atoms with Crippen molar-refractivity contribution >= 4 is 39.7 Å². The van der Waals surface area contributed by atoms with Crippen LogP contribution in [0.1, 0.15) is 16.1 Å². The lowest BCUT2D eigenvalue weighted by molar-refractivity contribution is 0.0955. The van der Waals surface area contributed by atoms with E-state index in [-0.39, 0.29) is 5.91 Å². The first-order valence-corrected chi connectivity index (χ1v) is 8.76. The zero-order valence-corrected chi connectivity index (χ0v) is 16.0. The highest BCUT2D eigenvalue weighted by atomic mass is 79.9. The number of nitrogens with zero attached hydrogens (tertiary/aromatic N) is 1. The van der Waals surface area contributed by atoms with Crippen molar-refractivity contribution < 1.29 is 13.9 Å². The van der Waals surface area contributed by atoms with Gasteiger partial charge < -0.3 is 9.15 Å². The summed E-state index contributed by atoms with van der Waals surface area (Å²) in [6.45, 7) is 0. The zero-order chi connectivity index (χ0) is 18.5. The number of carbonyl (C=O) groups is 1. The molecule has 132 valence electrons. The Morgan fingerprint density at radius 1 is 1.23 bits per heavy atom. The zero-order valence-electron chi connectivity index (χ0n) is 13.7. The number of hydrazone groups is 1. The molecular weight excluding hydrogens is 420 g/mol. The molecule has 0 aliphatic rings. The summed E-state index contributed by atoms with van der Waals surface area (Å²) >= 11 is 9.45. The fraction of sp³-hybridized carbons (Fsp3) is 0.0526. The summed E-state index contributed by atoms with van der Waals surface area (Å²) < 4.78 is 11.7. The third-order valence-corrected chi connectivity index (χ3v) is 4.30. The summed E-state index contributed by atoms with van der Waals surface area (Å²) in [5, 5.41) is 4.42. The third kappa shape index (κ3) is 4.33. The molecule has 26 heavy (non-hydrogen) atoms. The van der Waals surface area contributed by atoms with Crippen molar-refractivity contribution in [1.29, 1.82) is 0 Å². The second-order valence-electron chi connectivity index (χ2n) is 5.26. The molecule has 2 aromatic carbocycles. The van der Waals surface area contributed by atoms with Crippen molar-refractivity contribution in [3.8, 4) is 17.1 Å². The molecule has 1 amide bonds. The molecule has 3 rings (SSSR count). The van der Waals surface area contributed by atoms with Gasteiger partial charge in [-0.15, -0.1) is 0 Å². The van der Waals surface area contributed by atoms with Crippen molar-refractivity contribution in [2.24, 2.45) is 5.10 Å². The van der Waals surface area contributed by atoms with Gasteiger partial charge in [-0.3, -0.25) is 4.79 Å². The lowest BCUT2D eigenvalue weighted by Crippen LogP contribution is -2.17. The topological polar surface area (TPSA) is 63.8 Å². The standard InChI is InChI=1S/C19H14BrClN2O3/c1-25-18-7-5-12(10-16(18)21)17-8-6-15(26-17)11-22-23-19(24)13-3-2-4-14(20)9-13/h2-11H,1H3,(H,23,24). The van der Waals surface area contributed by atoms with Gasteiger partial charge in [0, 0.05) is 15.6 Å². The van der Waals surface area contributed by atoms with Crippen LogP contribution in [0.4, 0.5) is 0 Å². The number of carbonyl (C=O) groups excluding carboxylic acids is 1. The highest BCUT2D eigenvalue weighted by Crippen LogP contribution is 2.30. The van der Waals surface area contributed by atoms with Gasteiger partial charge in [-0.1, -0.05) is 33.6 Å². The molecule has 5 nitrogen and oxygen atoms in total. The number of hydrogen-bond acceptors (Lipinski definition) is 4. The molecule has 3 aromatic rings.